The topological polar surface area (TPSA) is 48.8 Å². The summed E-state index contributed by atoms with van der Waals surface area (Å²) in [4.78, 5) is 2.46. The predicted octanol–water partition coefficient (Wildman–Crippen LogP) is 2.46. The molecule has 0 saturated carbocycles. The number of methoxy groups -OCH3 is 1. The Morgan fingerprint density at radius 2 is 2.27 bits per heavy atom. The summed E-state index contributed by atoms with van der Waals surface area (Å²) in [6.45, 7) is 5.04. The Bertz CT molecular complexity index is 758. The van der Waals surface area contributed by atoms with Crippen molar-refractivity contribution in [3.8, 4) is 11.5 Å². The van der Waals surface area contributed by atoms with Crippen molar-refractivity contribution >= 4 is 6.08 Å². The average Bonchev–Trinajstić information content (AvgIpc) is 3.07. The van der Waals surface area contributed by atoms with Crippen molar-refractivity contribution in [3.05, 3.63) is 47.8 Å². The number of hydrogen-bond acceptors (Lipinski definition) is 5. The van der Waals surface area contributed by atoms with Crippen molar-refractivity contribution in [1.29, 1.82) is 0 Å². The second-order valence-electron chi connectivity index (χ2n) is 6.78. The SMILES string of the molecule is COc1cccc2c1OCC(CN1CCCO[C@@H](Cn3cccn3)C1)=C2. The highest BCUT2D eigenvalue weighted by molar-refractivity contribution is 5.66. The molecular formula is C20H25N3O3. The minimum absolute atomic E-state index is 0.162. The van der Waals surface area contributed by atoms with Gasteiger partial charge in [-0.25, -0.2) is 0 Å². The molecule has 6 nitrogen and oxygen atoms in total. The molecule has 0 bridgehead atoms. The summed E-state index contributed by atoms with van der Waals surface area (Å²) in [5, 5.41) is 4.30. The normalized spacial score (nSPS) is 20.7. The van der Waals surface area contributed by atoms with Crippen LogP contribution in [0.1, 0.15) is 12.0 Å². The van der Waals surface area contributed by atoms with Gasteiger partial charge < -0.3 is 14.2 Å². The molecule has 1 saturated heterocycles. The molecular weight excluding hydrogens is 330 g/mol. The Balaban J connectivity index is 1.43. The minimum Gasteiger partial charge on any atom is -0.493 e. The number of ether oxygens (including phenoxy) is 3. The Kier molecular flexibility index (Phi) is 5.22. The highest BCUT2D eigenvalue weighted by Crippen LogP contribution is 2.35. The van der Waals surface area contributed by atoms with Gasteiger partial charge in [-0.1, -0.05) is 12.1 Å². The predicted molar refractivity (Wildman–Crippen MR) is 99.5 cm³/mol. The highest BCUT2D eigenvalue weighted by atomic mass is 16.5. The van der Waals surface area contributed by atoms with Crippen LogP contribution < -0.4 is 9.47 Å². The van der Waals surface area contributed by atoms with Crippen molar-refractivity contribution in [1.82, 2.24) is 14.7 Å². The summed E-state index contributed by atoms with van der Waals surface area (Å²) in [5.41, 5.74) is 2.37. The molecule has 2 aliphatic heterocycles. The second-order valence-corrected chi connectivity index (χ2v) is 6.78. The Morgan fingerprint density at radius 1 is 1.31 bits per heavy atom. The number of fused-ring (bicyclic) bond motifs is 1. The standard InChI is InChI=1S/C20H25N3O3/c1-24-19-6-2-5-17-11-16(15-26-20(17)19)12-22-8-4-10-25-18(13-22)14-23-9-3-7-21-23/h2-3,5-7,9,11,18H,4,8,10,12-15H2,1H3/t18-/m1/s1. The molecule has 26 heavy (non-hydrogen) atoms. The average molecular weight is 355 g/mol. The molecule has 3 heterocycles. The third kappa shape index (κ3) is 3.92. The molecule has 2 aromatic rings. The van der Waals surface area contributed by atoms with Gasteiger partial charge in [0.1, 0.15) is 6.61 Å². The summed E-state index contributed by atoms with van der Waals surface area (Å²) >= 11 is 0. The van der Waals surface area contributed by atoms with Crippen LogP contribution in [0, 0.1) is 0 Å². The number of hydrogen-bond donors (Lipinski definition) is 0. The molecule has 2 aliphatic rings. The van der Waals surface area contributed by atoms with Gasteiger partial charge in [0.2, 0.25) is 0 Å². The van der Waals surface area contributed by atoms with Crippen LogP contribution in [0.25, 0.3) is 6.08 Å². The molecule has 0 spiro atoms. The van der Waals surface area contributed by atoms with Crippen LogP contribution in [0.15, 0.2) is 42.2 Å². The van der Waals surface area contributed by atoms with E-state index in [2.05, 4.69) is 22.1 Å². The summed E-state index contributed by atoms with van der Waals surface area (Å²) in [5.74, 6) is 1.63. The number of aromatic nitrogens is 2. The molecule has 0 unspecified atom stereocenters. The fourth-order valence-corrected chi connectivity index (χ4v) is 3.61. The maximum absolute atomic E-state index is 6.01. The van der Waals surface area contributed by atoms with Crippen LogP contribution >= 0.6 is 0 Å². The second kappa shape index (κ2) is 7.93. The van der Waals surface area contributed by atoms with Crippen LogP contribution in [0.4, 0.5) is 0 Å². The van der Waals surface area contributed by atoms with Gasteiger partial charge in [-0.15, -0.1) is 0 Å². The van der Waals surface area contributed by atoms with Crippen molar-refractivity contribution in [2.24, 2.45) is 0 Å². The lowest BCUT2D eigenvalue weighted by Gasteiger charge is -2.27. The van der Waals surface area contributed by atoms with E-state index in [0.717, 1.165) is 56.3 Å². The summed E-state index contributed by atoms with van der Waals surface area (Å²) in [6, 6.07) is 7.96. The van der Waals surface area contributed by atoms with E-state index in [0.29, 0.717) is 6.61 Å². The molecule has 138 valence electrons. The van der Waals surface area contributed by atoms with Gasteiger partial charge in [0.15, 0.2) is 11.5 Å². The van der Waals surface area contributed by atoms with Crippen LogP contribution in [0.2, 0.25) is 0 Å². The van der Waals surface area contributed by atoms with Crippen molar-refractivity contribution in [2.75, 3.05) is 40.0 Å². The lowest BCUT2D eigenvalue weighted by Crippen LogP contribution is -2.36. The van der Waals surface area contributed by atoms with Crippen LogP contribution in [0.3, 0.4) is 0 Å². The minimum atomic E-state index is 0.162. The Hall–Kier alpha value is -2.31. The smallest absolute Gasteiger partial charge is 0.168 e. The summed E-state index contributed by atoms with van der Waals surface area (Å²) in [6.07, 6.45) is 7.24. The van der Waals surface area contributed by atoms with E-state index in [4.69, 9.17) is 14.2 Å². The van der Waals surface area contributed by atoms with Crippen molar-refractivity contribution in [3.63, 3.8) is 0 Å². The summed E-state index contributed by atoms with van der Waals surface area (Å²) in [7, 11) is 1.68. The zero-order chi connectivity index (χ0) is 17.8. The maximum Gasteiger partial charge on any atom is 0.168 e. The molecule has 0 aliphatic carbocycles. The van der Waals surface area contributed by atoms with Gasteiger partial charge in [0, 0.05) is 44.2 Å². The molecule has 6 heteroatoms. The van der Waals surface area contributed by atoms with Crippen LogP contribution in [0.5, 0.6) is 11.5 Å². The quantitative estimate of drug-likeness (QED) is 0.825. The van der Waals surface area contributed by atoms with Crippen LogP contribution in [-0.4, -0.2) is 60.7 Å². The fraction of sp³-hybridized carbons (Fsp3) is 0.450. The molecule has 0 radical (unpaired) electrons. The lowest BCUT2D eigenvalue weighted by atomic mass is 10.1. The number of rotatable bonds is 5. The number of para-hydroxylation sites is 1. The molecule has 1 fully saturated rings. The lowest BCUT2D eigenvalue weighted by molar-refractivity contribution is 0.0409. The number of nitrogens with zero attached hydrogens (tertiary/aromatic N) is 3. The van der Waals surface area contributed by atoms with E-state index in [1.54, 1.807) is 7.11 Å². The molecule has 1 atom stereocenters. The van der Waals surface area contributed by atoms with Crippen molar-refractivity contribution in [2.45, 2.75) is 19.1 Å². The first kappa shape index (κ1) is 17.1. The van der Waals surface area contributed by atoms with Crippen molar-refractivity contribution < 1.29 is 14.2 Å². The zero-order valence-electron chi connectivity index (χ0n) is 15.1. The number of benzene rings is 1. The van der Waals surface area contributed by atoms with E-state index in [-0.39, 0.29) is 6.10 Å². The molecule has 1 aromatic heterocycles. The van der Waals surface area contributed by atoms with Gasteiger partial charge in [0.25, 0.3) is 0 Å². The first-order valence-electron chi connectivity index (χ1n) is 9.12. The third-order valence-electron chi connectivity index (χ3n) is 4.80. The maximum atomic E-state index is 6.01. The summed E-state index contributed by atoms with van der Waals surface area (Å²) < 4.78 is 19.3. The van der Waals surface area contributed by atoms with E-state index >= 15 is 0 Å². The molecule has 0 N–H and O–H groups in total. The molecule has 4 rings (SSSR count). The zero-order valence-corrected chi connectivity index (χ0v) is 15.1. The third-order valence-corrected chi connectivity index (χ3v) is 4.80. The van der Waals surface area contributed by atoms with Crippen LogP contribution in [-0.2, 0) is 11.3 Å². The Labute approximate surface area is 154 Å². The van der Waals surface area contributed by atoms with E-state index < -0.39 is 0 Å². The van der Waals surface area contributed by atoms with Gasteiger partial charge in [-0.2, -0.15) is 5.10 Å². The van der Waals surface area contributed by atoms with Gasteiger partial charge >= 0.3 is 0 Å². The van der Waals surface area contributed by atoms with E-state index in [1.807, 2.05) is 35.3 Å². The Morgan fingerprint density at radius 3 is 3.12 bits per heavy atom. The van der Waals surface area contributed by atoms with Gasteiger partial charge in [0.05, 0.1) is 19.8 Å². The van der Waals surface area contributed by atoms with E-state index in [1.165, 1.54) is 5.57 Å². The largest absolute Gasteiger partial charge is 0.493 e. The highest BCUT2D eigenvalue weighted by Gasteiger charge is 2.22. The first-order chi connectivity index (χ1) is 12.8. The monoisotopic (exact) mass is 355 g/mol. The molecule has 0 amide bonds. The fourth-order valence-electron chi connectivity index (χ4n) is 3.61. The first-order valence-corrected chi connectivity index (χ1v) is 9.12. The van der Waals surface area contributed by atoms with Gasteiger partial charge in [-0.05, 0) is 30.2 Å². The van der Waals surface area contributed by atoms with Gasteiger partial charge in [-0.3, -0.25) is 9.58 Å². The van der Waals surface area contributed by atoms with E-state index in [9.17, 15) is 0 Å². The molecule has 1 aromatic carbocycles.